The molecular weight excluding hydrogens is 164 g/mol. The topological polar surface area (TPSA) is 32.3 Å². The van der Waals surface area contributed by atoms with Gasteiger partial charge in [-0.2, -0.15) is 0 Å². The molecule has 13 heavy (non-hydrogen) atoms. The normalized spacial score (nSPS) is 9.69. The van der Waals surface area contributed by atoms with Crippen molar-refractivity contribution in [3.8, 4) is 0 Å². The van der Waals surface area contributed by atoms with E-state index in [2.05, 4.69) is 18.8 Å². The van der Waals surface area contributed by atoms with E-state index in [9.17, 15) is 4.79 Å². The maximum Gasteiger partial charge on any atom is 0.236 e. The lowest BCUT2D eigenvalue weighted by Crippen LogP contribution is -2.36. The molecule has 0 heterocycles. The first-order valence-electron chi connectivity index (χ1n) is 4.78. The molecule has 1 amide bonds. The second kappa shape index (κ2) is 7.80. The Kier molecular flexibility index (Phi) is 7.30. The highest BCUT2D eigenvalue weighted by Gasteiger charge is 2.05. The molecule has 0 aliphatic carbocycles. The Labute approximate surface area is 80.8 Å². The van der Waals surface area contributed by atoms with E-state index in [1.807, 2.05) is 7.05 Å². The van der Waals surface area contributed by atoms with E-state index in [1.54, 1.807) is 11.0 Å². The van der Waals surface area contributed by atoms with Crippen LogP contribution in [0.4, 0.5) is 0 Å². The molecule has 0 aliphatic heterocycles. The number of likely N-dealkylation sites (N-methyl/N-ethyl adjacent to an activating group) is 1. The van der Waals surface area contributed by atoms with E-state index in [1.165, 1.54) is 0 Å². The molecule has 0 radical (unpaired) electrons. The highest BCUT2D eigenvalue weighted by molar-refractivity contribution is 5.77. The molecule has 76 valence electrons. The van der Waals surface area contributed by atoms with Crippen molar-refractivity contribution in [1.82, 2.24) is 10.2 Å². The molecule has 0 fully saturated rings. The van der Waals surface area contributed by atoms with Crippen LogP contribution in [0, 0.1) is 0 Å². The van der Waals surface area contributed by atoms with Gasteiger partial charge in [0, 0.05) is 20.1 Å². The molecule has 1 N–H and O–H groups in total. The molecule has 0 aliphatic rings. The lowest BCUT2D eigenvalue weighted by molar-refractivity contribution is -0.128. The van der Waals surface area contributed by atoms with Gasteiger partial charge in [-0.05, 0) is 6.42 Å². The maximum absolute atomic E-state index is 11.4. The molecule has 0 saturated heterocycles. The van der Waals surface area contributed by atoms with E-state index >= 15 is 0 Å². The molecule has 0 aromatic heterocycles. The number of hydrogen-bond donors (Lipinski definition) is 1. The predicted octanol–water partition coefficient (Wildman–Crippen LogP) is 1.02. The summed E-state index contributed by atoms with van der Waals surface area (Å²) in [6.07, 6.45) is 3.95. The summed E-state index contributed by atoms with van der Waals surface area (Å²) in [5, 5.41) is 2.98. The third-order valence-corrected chi connectivity index (χ3v) is 1.84. The van der Waals surface area contributed by atoms with Crippen molar-refractivity contribution in [1.29, 1.82) is 0 Å². The molecule has 0 atom stereocenters. The third kappa shape index (κ3) is 6.34. The summed E-state index contributed by atoms with van der Waals surface area (Å²) in [5.41, 5.74) is 0. The van der Waals surface area contributed by atoms with Crippen LogP contribution in [0.25, 0.3) is 0 Å². The minimum absolute atomic E-state index is 0.148. The minimum Gasteiger partial charge on any atom is -0.345 e. The average Bonchev–Trinajstić information content (AvgIpc) is 2.14. The molecule has 0 saturated carbocycles. The van der Waals surface area contributed by atoms with E-state index in [4.69, 9.17) is 0 Å². The highest BCUT2D eigenvalue weighted by Crippen LogP contribution is 1.91. The zero-order valence-corrected chi connectivity index (χ0v) is 8.68. The van der Waals surface area contributed by atoms with Gasteiger partial charge < -0.3 is 10.2 Å². The SMILES string of the molecule is C=CCNCC(=O)N(C)CCCC. The van der Waals surface area contributed by atoms with Crippen molar-refractivity contribution in [2.24, 2.45) is 0 Å². The first kappa shape index (κ1) is 12.2. The number of nitrogens with one attached hydrogen (secondary N) is 1. The number of unbranched alkanes of at least 4 members (excludes halogenated alkanes) is 1. The number of nitrogens with zero attached hydrogens (tertiary/aromatic N) is 1. The number of amides is 1. The maximum atomic E-state index is 11.4. The Hall–Kier alpha value is -0.830. The van der Waals surface area contributed by atoms with Crippen molar-refractivity contribution in [3.05, 3.63) is 12.7 Å². The van der Waals surface area contributed by atoms with Gasteiger partial charge in [0.15, 0.2) is 0 Å². The minimum atomic E-state index is 0.148. The van der Waals surface area contributed by atoms with Crippen LogP contribution in [-0.2, 0) is 4.79 Å². The average molecular weight is 184 g/mol. The largest absolute Gasteiger partial charge is 0.345 e. The Bertz CT molecular complexity index is 157. The molecule has 3 heteroatoms. The first-order chi connectivity index (χ1) is 6.22. The van der Waals surface area contributed by atoms with Crippen molar-refractivity contribution < 1.29 is 4.79 Å². The molecule has 3 nitrogen and oxygen atoms in total. The fourth-order valence-corrected chi connectivity index (χ4v) is 0.936. The van der Waals surface area contributed by atoms with Gasteiger partial charge >= 0.3 is 0 Å². The number of rotatable bonds is 7. The molecule has 0 unspecified atom stereocenters. The predicted molar refractivity (Wildman–Crippen MR) is 55.6 cm³/mol. The summed E-state index contributed by atoms with van der Waals surface area (Å²) in [4.78, 5) is 13.1. The second-order valence-corrected chi connectivity index (χ2v) is 3.09. The van der Waals surface area contributed by atoms with Crippen LogP contribution in [0.3, 0.4) is 0 Å². The zero-order chi connectivity index (χ0) is 10.1. The summed E-state index contributed by atoms with van der Waals surface area (Å²) in [6, 6.07) is 0. The molecule has 0 aromatic rings. The lowest BCUT2D eigenvalue weighted by Gasteiger charge is -2.16. The van der Waals surface area contributed by atoms with Crippen LogP contribution in [0.5, 0.6) is 0 Å². The molecule has 0 spiro atoms. The van der Waals surface area contributed by atoms with Crippen molar-refractivity contribution in [2.45, 2.75) is 19.8 Å². The summed E-state index contributed by atoms with van der Waals surface area (Å²) in [6.45, 7) is 7.63. The number of carbonyl (C=O) groups excluding carboxylic acids is 1. The Balaban J connectivity index is 3.50. The first-order valence-corrected chi connectivity index (χ1v) is 4.78. The van der Waals surface area contributed by atoms with Gasteiger partial charge in [-0.25, -0.2) is 0 Å². The van der Waals surface area contributed by atoms with E-state index in [0.29, 0.717) is 13.1 Å². The van der Waals surface area contributed by atoms with Gasteiger partial charge in [-0.15, -0.1) is 6.58 Å². The van der Waals surface area contributed by atoms with Gasteiger partial charge in [0.05, 0.1) is 6.54 Å². The van der Waals surface area contributed by atoms with Gasteiger partial charge in [-0.3, -0.25) is 4.79 Å². The van der Waals surface area contributed by atoms with Crippen molar-refractivity contribution in [3.63, 3.8) is 0 Å². The summed E-state index contributed by atoms with van der Waals surface area (Å²) >= 11 is 0. The van der Waals surface area contributed by atoms with Gasteiger partial charge in [0.25, 0.3) is 0 Å². The van der Waals surface area contributed by atoms with Gasteiger partial charge in [-0.1, -0.05) is 19.4 Å². The Morgan fingerprint density at radius 1 is 1.62 bits per heavy atom. The third-order valence-electron chi connectivity index (χ3n) is 1.84. The molecular formula is C10H20N2O. The quantitative estimate of drug-likeness (QED) is 0.473. The second-order valence-electron chi connectivity index (χ2n) is 3.09. The standard InChI is InChI=1S/C10H20N2O/c1-4-6-8-12(3)10(13)9-11-7-5-2/h5,11H,2,4,6-9H2,1,3H3. The van der Waals surface area contributed by atoms with Gasteiger partial charge in [0.1, 0.15) is 0 Å². The smallest absolute Gasteiger partial charge is 0.236 e. The van der Waals surface area contributed by atoms with Gasteiger partial charge in [0.2, 0.25) is 5.91 Å². The molecule has 0 aromatic carbocycles. The van der Waals surface area contributed by atoms with E-state index in [0.717, 1.165) is 19.4 Å². The number of hydrogen-bond acceptors (Lipinski definition) is 2. The lowest BCUT2D eigenvalue weighted by atomic mass is 10.3. The summed E-state index contributed by atoms with van der Waals surface area (Å²) in [5.74, 6) is 0.148. The molecule has 0 rings (SSSR count). The fraction of sp³-hybridized carbons (Fsp3) is 0.700. The van der Waals surface area contributed by atoms with Crippen molar-refractivity contribution in [2.75, 3.05) is 26.7 Å². The number of carbonyl (C=O) groups is 1. The Morgan fingerprint density at radius 2 is 2.31 bits per heavy atom. The summed E-state index contributed by atoms with van der Waals surface area (Å²) in [7, 11) is 1.84. The van der Waals surface area contributed by atoms with Crippen LogP contribution in [0.2, 0.25) is 0 Å². The Morgan fingerprint density at radius 3 is 2.85 bits per heavy atom. The summed E-state index contributed by atoms with van der Waals surface area (Å²) < 4.78 is 0. The van der Waals surface area contributed by atoms with Crippen LogP contribution < -0.4 is 5.32 Å². The van der Waals surface area contributed by atoms with Crippen molar-refractivity contribution >= 4 is 5.91 Å². The zero-order valence-electron chi connectivity index (χ0n) is 8.68. The van der Waals surface area contributed by atoms with Crippen LogP contribution in [0.1, 0.15) is 19.8 Å². The van der Waals surface area contributed by atoms with Crippen LogP contribution >= 0.6 is 0 Å². The highest BCUT2D eigenvalue weighted by atomic mass is 16.2. The van der Waals surface area contributed by atoms with Crippen LogP contribution in [0.15, 0.2) is 12.7 Å². The monoisotopic (exact) mass is 184 g/mol. The van der Waals surface area contributed by atoms with E-state index in [-0.39, 0.29) is 5.91 Å². The fourth-order valence-electron chi connectivity index (χ4n) is 0.936. The van der Waals surface area contributed by atoms with Crippen LogP contribution in [-0.4, -0.2) is 37.5 Å². The van der Waals surface area contributed by atoms with E-state index < -0.39 is 0 Å². The molecule has 0 bridgehead atoms.